The lowest BCUT2D eigenvalue weighted by Crippen LogP contribution is -3.19. The van der Waals surface area contributed by atoms with E-state index in [1.807, 2.05) is 0 Å². The van der Waals surface area contributed by atoms with E-state index in [2.05, 4.69) is 24.6 Å². The van der Waals surface area contributed by atoms with E-state index in [-0.39, 0.29) is 0 Å². The number of hydrogen-bond donors (Lipinski definition) is 3. The highest BCUT2D eigenvalue weighted by atomic mass is 15.5. The van der Waals surface area contributed by atoms with E-state index in [0.29, 0.717) is 0 Å². The standard InChI is InChI=1S/C11H25N3/c1-3-7-12-11-5-9-14(10-6-11)13-8-4-2/h11-13H,3-10H2,1-2H3/p+1. The third-order valence-electron chi connectivity index (χ3n) is 2.90. The molecule has 3 heteroatoms. The summed E-state index contributed by atoms with van der Waals surface area (Å²) in [4.78, 5) is 0. The largest absolute Gasteiger partial charge is 0.314 e. The van der Waals surface area contributed by atoms with Gasteiger partial charge in [0.25, 0.3) is 0 Å². The first kappa shape index (κ1) is 12.0. The van der Waals surface area contributed by atoms with Gasteiger partial charge in [-0.1, -0.05) is 13.8 Å². The quantitative estimate of drug-likeness (QED) is 0.561. The molecule has 0 unspecified atom stereocenters. The average Bonchev–Trinajstić information content (AvgIpc) is 2.25. The lowest BCUT2D eigenvalue weighted by atomic mass is 10.1. The summed E-state index contributed by atoms with van der Waals surface area (Å²) in [6, 6.07) is 0.780. The molecule has 0 amide bonds. The first-order chi connectivity index (χ1) is 6.86. The average molecular weight is 200 g/mol. The molecule has 0 radical (unpaired) electrons. The van der Waals surface area contributed by atoms with Gasteiger partial charge in [0.2, 0.25) is 0 Å². The van der Waals surface area contributed by atoms with E-state index < -0.39 is 0 Å². The minimum absolute atomic E-state index is 0.780. The Labute approximate surface area is 88.2 Å². The third kappa shape index (κ3) is 4.40. The summed E-state index contributed by atoms with van der Waals surface area (Å²) in [5.41, 5.74) is 3.54. The summed E-state index contributed by atoms with van der Waals surface area (Å²) in [5.74, 6) is 0. The molecule has 1 aliphatic heterocycles. The fourth-order valence-electron chi connectivity index (χ4n) is 2.00. The van der Waals surface area contributed by atoms with E-state index in [9.17, 15) is 0 Å². The van der Waals surface area contributed by atoms with Crippen molar-refractivity contribution in [3.05, 3.63) is 0 Å². The second kappa shape index (κ2) is 7.21. The fourth-order valence-corrected chi connectivity index (χ4v) is 2.00. The number of piperidine rings is 1. The summed E-state index contributed by atoms with van der Waals surface area (Å²) in [5, 5.41) is 5.19. The van der Waals surface area contributed by atoms with Gasteiger partial charge in [0, 0.05) is 25.4 Å². The van der Waals surface area contributed by atoms with Crippen molar-refractivity contribution < 1.29 is 5.01 Å². The molecule has 1 fully saturated rings. The zero-order valence-electron chi connectivity index (χ0n) is 9.73. The van der Waals surface area contributed by atoms with Gasteiger partial charge in [-0.2, -0.15) is 5.43 Å². The van der Waals surface area contributed by atoms with Crippen molar-refractivity contribution in [2.45, 2.75) is 45.6 Å². The van der Waals surface area contributed by atoms with Gasteiger partial charge in [-0.3, -0.25) is 5.01 Å². The van der Waals surface area contributed by atoms with Crippen molar-refractivity contribution in [1.29, 1.82) is 0 Å². The molecule has 1 saturated heterocycles. The van der Waals surface area contributed by atoms with Gasteiger partial charge in [0.1, 0.15) is 0 Å². The molecule has 0 aliphatic carbocycles. The van der Waals surface area contributed by atoms with Crippen molar-refractivity contribution in [2.75, 3.05) is 26.2 Å². The normalized spacial score (nSPS) is 27.9. The smallest absolute Gasteiger partial charge is 0.0960 e. The van der Waals surface area contributed by atoms with Crippen molar-refractivity contribution in [3.8, 4) is 0 Å². The molecule has 0 aromatic carbocycles. The fraction of sp³-hybridized carbons (Fsp3) is 1.00. The minimum Gasteiger partial charge on any atom is -0.314 e. The van der Waals surface area contributed by atoms with Crippen molar-refractivity contribution in [3.63, 3.8) is 0 Å². The molecular weight excluding hydrogens is 174 g/mol. The van der Waals surface area contributed by atoms with Crippen molar-refractivity contribution in [1.82, 2.24) is 10.7 Å². The zero-order valence-corrected chi connectivity index (χ0v) is 9.73. The summed E-state index contributed by atoms with van der Waals surface area (Å²) >= 11 is 0. The molecule has 84 valence electrons. The van der Waals surface area contributed by atoms with E-state index in [0.717, 1.165) is 12.6 Å². The lowest BCUT2D eigenvalue weighted by Gasteiger charge is -2.29. The van der Waals surface area contributed by atoms with Crippen LogP contribution in [0.2, 0.25) is 0 Å². The Bertz CT molecular complexity index is 114. The first-order valence-corrected chi connectivity index (χ1v) is 6.18. The summed E-state index contributed by atoms with van der Waals surface area (Å²) in [6.07, 6.45) is 5.14. The van der Waals surface area contributed by atoms with E-state index >= 15 is 0 Å². The number of quaternary nitrogens is 1. The molecule has 1 aliphatic rings. The van der Waals surface area contributed by atoms with Gasteiger partial charge in [-0.05, 0) is 19.4 Å². The molecule has 3 N–H and O–H groups in total. The third-order valence-corrected chi connectivity index (χ3v) is 2.90. The Kier molecular flexibility index (Phi) is 6.15. The predicted molar refractivity (Wildman–Crippen MR) is 60.3 cm³/mol. The van der Waals surface area contributed by atoms with Gasteiger partial charge in [0.05, 0.1) is 13.1 Å². The van der Waals surface area contributed by atoms with Gasteiger partial charge < -0.3 is 5.32 Å². The Hall–Kier alpha value is -0.120. The lowest BCUT2D eigenvalue weighted by molar-refractivity contribution is -0.950. The van der Waals surface area contributed by atoms with Gasteiger partial charge in [-0.25, -0.2) is 0 Å². The number of rotatable bonds is 6. The molecular formula is C11H26N3+. The van der Waals surface area contributed by atoms with E-state index in [1.165, 1.54) is 45.3 Å². The minimum atomic E-state index is 0.780. The molecule has 3 nitrogen and oxygen atoms in total. The Morgan fingerprint density at radius 2 is 1.71 bits per heavy atom. The van der Waals surface area contributed by atoms with E-state index in [1.54, 1.807) is 5.01 Å². The van der Waals surface area contributed by atoms with Crippen LogP contribution in [0.3, 0.4) is 0 Å². The maximum atomic E-state index is 3.61. The topological polar surface area (TPSA) is 28.5 Å². The molecule has 0 aromatic rings. The Balaban J connectivity index is 2.05. The van der Waals surface area contributed by atoms with Crippen LogP contribution < -0.4 is 15.8 Å². The van der Waals surface area contributed by atoms with Crippen LogP contribution in [0.25, 0.3) is 0 Å². The van der Waals surface area contributed by atoms with Crippen LogP contribution in [-0.4, -0.2) is 32.2 Å². The molecule has 0 atom stereocenters. The molecule has 1 heterocycles. The summed E-state index contributed by atoms with van der Waals surface area (Å²) in [7, 11) is 0. The second-order valence-corrected chi connectivity index (χ2v) is 4.26. The van der Waals surface area contributed by atoms with Crippen LogP contribution in [0.1, 0.15) is 39.5 Å². The summed E-state index contributed by atoms with van der Waals surface area (Å²) in [6.45, 7) is 9.35. The van der Waals surface area contributed by atoms with Crippen LogP contribution in [0, 0.1) is 0 Å². The number of hydrogen-bond acceptors (Lipinski definition) is 2. The maximum absolute atomic E-state index is 3.61. The molecule has 1 rings (SSSR count). The molecule has 14 heavy (non-hydrogen) atoms. The molecule has 0 spiro atoms. The maximum Gasteiger partial charge on any atom is 0.0960 e. The van der Waals surface area contributed by atoms with Crippen LogP contribution in [-0.2, 0) is 0 Å². The highest BCUT2D eigenvalue weighted by molar-refractivity contribution is 4.67. The predicted octanol–water partition coefficient (Wildman–Crippen LogP) is -0.0521. The van der Waals surface area contributed by atoms with Crippen LogP contribution in [0.4, 0.5) is 0 Å². The van der Waals surface area contributed by atoms with Crippen LogP contribution >= 0.6 is 0 Å². The zero-order chi connectivity index (χ0) is 10.2. The molecule has 0 aromatic heterocycles. The van der Waals surface area contributed by atoms with Gasteiger partial charge in [0.15, 0.2) is 0 Å². The summed E-state index contributed by atoms with van der Waals surface area (Å²) < 4.78 is 0. The van der Waals surface area contributed by atoms with Crippen LogP contribution in [0.5, 0.6) is 0 Å². The Morgan fingerprint density at radius 1 is 1.07 bits per heavy atom. The van der Waals surface area contributed by atoms with Crippen LogP contribution in [0.15, 0.2) is 0 Å². The van der Waals surface area contributed by atoms with Crippen molar-refractivity contribution in [2.24, 2.45) is 0 Å². The second-order valence-electron chi connectivity index (χ2n) is 4.26. The van der Waals surface area contributed by atoms with Gasteiger partial charge in [-0.15, -0.1) is 0 Å². The SMILES string of the molecule is CCCNC1CC[NH+](NCCC)CC1. The highest BCUT2D eigenvalue weighted by Crippen LogP contribution is 1.98. The molecule has 0 saturated carbocycles. The monoisotopic (exact) mass is 200 g/mol. The van der Waals surface area contributed by atoms with Crippen molar-refractivity contribution >= 4 is 0 Å². The molecule has 0 bridgehead atoms. The van der Waals surface area contributed by atoms with E-state index in [4.69, 9.17) is 0 Å². The van der Waals surface area contributed by atoms with Gasteiger partial charge >= 0.3 is 0 Å². The first-order valence-electron chi connectivity index (χ1n) is 6.18. The number of nitrogens with one attached hydrogen (secondary N) is 3. The highest BCUT2D eigenvalue weighted by Gasteiger charge is 2.20. The Morgan fingerprint density at radius 3 is 2.29 bits per heavy atom.